The van der Waals surface area contributed by atoms with Gasteiger partial charge in [0.15, 0.2) is 0 Å². The number of nitrogens with one attached hydrogen (secondary N) is 4. The molecule has 0 aliphatic heterocycles. The first kappa shape index (κ1) is 30.7. The molecular weight excluding hydrogens is 502 g/mol. The van der Waals surface area contributed by atoms with Crippen molar-refractivity contribution < 1.29 is 14.3 Å². The third-order valence-corrected chi connectivity index (χ3v) is 6.48. The number of carbonyl (C=O) groups is 2. The van der Waals surface area contributed by atoms with Gasteiger partial charge in [0.2, 0.25) is 0 Å². The maximum absolute atomic E-state index is 12.6. The normalized spacial score (nSPS) is 11.2. The molecule has 8 nitrogen and oxygen atoms in total. The van der Waals surface area contributed by atoms with Gasteiger partial charge in [-0.3, -0.25) is 9.78 Å². The highest BCUT2D eigenvalue weighted by Gasteiger charge is 2.16. The summed E-state index contributed by atoms with van der Waals surface area (Å²) in [6.45, 7) is 7.17. The number of unbranched alkanes of at least 4 members (excludes halogenated alkanes) is 7. The molecule has 0 aliphatic carbocycles. The number of nitrogens with zero attached hydrogens (tertiary/aromatic N) is 1. The lowest BCUT2D eigenvalue weighted by Crippen LogP contribution is -2.32. The first-order chi connectivity index (χ1) is 19.3. The van der Waals surface area contributed by atoms with E-state index in [1.165, 1.54) is 32.1 Å². The Morgan fingerprint density at radius 2 is 1.48 bits per heavy atom. The van der Waals surface area contributed by atoms with Crippen LogP contribution in [0.4, 0.5) is 21.9 Å². The van der Waals surface area contributed by atoms with Crippen LogP contribution >= 0.6 is 0 Å². The number of hydrogen-bond donors (Lipinski definition) is 4. The Bertz CT molecular complexity index is 1220. The van der Waals surface area contributed by atoms with Crippen LogP contribution in [0.5, 0.6) is 0 Å². The SMILES string of the molecule is CNC(=O)c1cnc2ccc(NCCCCCCCCCCNC(=O)OC(C)(C)C)cc2c1Nc1ccccc1. The second-order valence-corrected chi connectivity index (χ2v) is 11.0. The smallest absolute Gasteiger partial charge is 0.407 e. The molecule has 0 atom stereocenters. The summed E-state index contributed by atoms with van der Waals surface area (Å²) in [5, 5.41) is 13.4. The lowest BCUT2D eigenvalue weighted by molar-refractivity contribution is 0.0526. The van der Waals surface area contributed by atoms with E-state index in [-0.39, 0.29) is 12.0 Å². The molecule has 8 heteroatoms. The van der Waals surface area contributed by atoms with E-state index in [1.54, 1.807) is 13.2 Å². The van der Waals surface area contributed by atoms with Crippen LogP contribution in [-0.2, 0) is 4.74 Å². The number of alkyl carbamates (subject to hydrolysis) is 1. The minimum absolute atomic E-state index is 0.177. The molecule has 2 amide bonds. The number of ether oxygens (including phenoxy) is 1. The lowest BCUT2D eigenvalue weighted by Gasteiger charge is -2.19. The summed E-state index contributed by atoms with van der Waals surface area (Å²) < 4.78 is 5.25. The Kier molecular flexibility index (Phi) is 12.1. The van der Waals surface area contributed by atoms with Gasteiger partial charge in [-0.15, -0.1) is 0 Å². The lowest BCUT2D eigenvalue weighted by atomic mass is 10.1. The van der Waals surface area contributed by atoms with Crippen LogP contribution in [0.2, 0.25) is 0 Å². The van der Waals surface area contributed by atoms with Gasteiger partial charge in [-0.25, -0.2) is 4.79 Å². The highest BCUT2D eigenvalue weighted by Crippen LogP contribution is 2.31. The number of carbonyl (C=O) groups excluding carboxylic acids is 2. The van der Waals surface area contributed by atoms with E-state index in [2.05, 4.69) is 32.3 Å². The zero-order valence-electron chi connectivity index (χ0n) is 24.4. The Balaban J connectivity index is 1.39. The standard InChI is InChI=1S/C32H45N5O3/c1-32(2,3)40-31(39)35-21-15-10-8-6-5-7-9-14-20-34-25-18-19-28-26(22-25)29(27(23-36-28)30(38)33-4)37-24-16-12-11-13-17-24/h11-13,16-19,22-23,34H,5-10,14-15,20-21H2,1-4H3,(H,33,38)(H,35,39)(H,36,37). The van der Waals surface area contributed by atoms with E-state index in [0.29, 0.717) is 12.1 Å². The first-order valence-corrected chi connectivity index (χ1v) is 14.4. The molecule has 0 spiro atoms. The van der Waals surface area contributed by atoms with Crippen LogP contribution in [0.1, 0.15) is 82.5 Å². The minimum Gasteiger partial charge on any atom is -0.444 e. The molecule has 1 aromatic heterocycles. The predicted octanol–water partition coefficient (Wildman–Crippen LogP) is 7.40. The molecule has 3 aromatic rings. The van der Waals surface area contributed by atoms with Crippen molar-refractivity contribution in [3.63, 3.8) is 0 Å². The fourth-order valence-corrected chi connectivity index (χ4v) is 4.46. The first-order valence-electron chi connectivity index (χ1n) is 14.4. The van der Waals surface area contributed by atoms with Crippen LogP contribution in [-0.4, -0.2) is 42.7 Å². The second kappa shape index (κ2) is 15.7. The van der Waals surface area contributed by atoms with Crippen molar-refractivity contribution in [1.82, 2.24) is 15.6 Å². The number of benzene rings is 2. The molecule has 0 fully saturated rings. The van der Waals surface area contributed by atoms with Crippen molar-refractivity contribution in [2.24, 2.45) is 0 Å². The Morgan fingerprint density at radius 3 is 2.12 bits per heavy atom. The summed E-state index contributed by atoms with van der Waals surface area (Å²) in [5.74, 6) is -0.177. The molecule has 4 N–H and O–H groups in total. The maximum Gasteiger partial charge on any atom is 0.407 e. The Morgan fingerprint density at radius 1 is 0.825 bits per heavy atom. The van der Waals surface area contributed by atoms with Crippen molar-refractivity contribution in [2.45, 2.75) is 77.7 Å². The van der Waals surface area contributed by atoms with Gasteiger partial charge < -0.3 is 26.0 Å². The van der Waals surface area contributed by atoms with Crippen molar-refractivity contribution in [2.75, 3.05) is 30.8 Å². The monoisotopic (exact) mass is 547 g/mol. The summed E-state index contributed by atoms with van der Waals surface area (Å²) in [5.41, 5.74) is 3.57. The maximum atomic E-state index is 12.6. The molecule has 216 valence electrons. The van der Waals surface area contributed by atoms with E-state index < -0.39 is 5.60 Å². The van der Waals surface area contributed by atoms with Gasteiger partial charge in [0, 0.05) is 43.1 Å². The van der Waals surface area contributed by atoms with E-state index in [4.69, 9.17) is 4.74 Å². The van der Waals surface area contributed by atoms with Crippen LogP contribution in [0.25, 0.3) is 10.9 Å². The second-order valence-electron chi connectivity index (χ2n) is 11.0. The van der Waals surface area contributed by atoms with Crippen molar-refractivity contribution in [1.29, 1.82) is 0 Å². The summed E-state index contributed by atoms with van der Waals surface area (Å²) in [4.78, 5) is 28.7. The Hall–Kier alpha value is -3.81. The van der Waals surface area contributed by atoms with Crippen molar-refractivity contribution >= 4 is 40.0 Å². The van der Waals surface area contributed by atoms with Gasteiger partial charge in [0.05, 0.1) is 16.8 Å². The van der Waals surface area contributed by atoms with E-state index in [9.17, 15) is 9.59 Å². The molecule has 0 saturated heterocycles. The third kappa shape index (κ3) is 10.4. The summed E-state index contributed by atoms with van der Waals surface area (Å²) in [7, 11) is 1.63. The molecule has 40 heavy (non-hydrogen) atoms. The minimum atomic E-state index is -0.450. The topological polar surface area (TPSA) is 104 Å². The van der Waals surface area contributed by atoms with E-state index in [1.807, 2.05) is 63.2 Å². The van der Waals surface area contributed by atoms with Gasteiger partial charge in [-0.1, -0.05) is 56.7 Å². The van der Waals surface area contributed by atoms with Crippen LogP contribution < -0.4 is 21.3 Å². The van der Waals surface area contributed by atoms with E-state index >= 15 is 0 Å². The number of fused-ring (bicyclic) bond motifs is 1. The van der Waals surface area contributed by atoms with Gasteiger partial charge in [-0.05, 0) is 63.9 Å². The Labute approximate surface area is 238 Å². The van der Waals surface area contributed by atoms with Crippen LogP contribution in [0.3, 0.4) is 0 Å². The summed E-state index contributed by atoms with van der Waals surface area (Å²) >= 11 is 0. The average molecular weight is 548 g/mol. The zero-order chi connectivity index (χ0) is 28.8. The summed E-state index contributed by atoms with van der Waals surface area (Å²) in [6.07, 6.45) is 10.6. The van der Waals surface area contributed by atoms with Crippen molar-refractivity contribution in [3.05, 3.63) is 60.3 Å². The molecule has 0 bridgehead atoms. The fourth-order valence-electron chi connectivity index (χ4n) is 4.46. The largest absolute Gasteiger partial charge is 0.444 e. The van der Waals surface area contributed by atoms with Gasteiger partial charge in [-0.2, -0.15) is 0 Å². The van der Waals surface area contributed by atoms with E-state index in [0.717, 1.165) is 53.8 Å². The molecule has 0 aliphatic rings. The van der Waals surface area contributed by atoms with Crippen LogP contribution in [0.15, 0.2) is 54.7 Å². The third-order valence-electron chi connectivity index (χ3n) is 6.48. The highest BCUT2D eigenvalue weighted by atomic mass is 16.6. The number of amides is 2. The molecule has 3 rings (SSSR count). The molecule has 1 heterocycles. The zero-order valence-corrected chi connectivity index (χ0v) is 24.4. The van der Waals surface area contributed by atoms with Crippen LogP contribution in [0, 0.1) is 0 Å². The van der Waals surface area contributed by atoms with Gasteiger partial charge >= 0.3 is 6.09 Å². The van der Waals surface area contributed by atoms with Gasteiger partial charge in [0.25, 0.3) is 5.91 Å². The molecule has 0 unspecified atom stereocenters. The fraction of sp³-hybridized carbons (Fsp3) is 0.469. The number of hydrogen-bond acceptors (Lipinski definition) is 6. The summed E-state index contributed by atoms with van der Waals surface area (Å²) in [6, 6.07) is 15.9. The van der Waals surface area contributed by atoms with Crippen molar-refractivity contribution in [3.8, 4) is 0 Å². The number of anilines is 3. The highest BCUT2D eigenvalue weighted by molar-refractivity contribution is 6.08. The predicted molar refractivity (Wildman–Crippen MR) is 165 cm³/mol. The quantitative estimate of drug-likeness (QED) is 0.148. The number of aromatic nitrogens is 1. The number of rotatable bonds is 15. The average Bonchev–Trinajstić information content (AvgIpc) is 2.93. The van der Waals surface area contributed by atoms with Gasteiger partial charge in [0.1, 0.15) is 5.60 Å². The molecule has 2 aromatic carbocycles. The number of pyridine rings is 1. The molecular formula is C32H45N5O3. The number of para-hydroxylation sites is 1. The molecule has 0 saturated carbocycles. The molecule has 0 radical (unpaired) electrons.